The second-order valence-electron chi connectivity index (χ2n) is 3.13. The fraction of sp³-hybridized carbons (Fsp3) is 0. The molecule has 1 aromatic carbocycles. The van der Waals surface area contributed by atoms with Gasteiger partial charge < -0.3 is 5.73 Å². The van der Waals surface area contributed by atoms with Gasteiger partial charge in [-0.25, -0.2) is 9.97 Å². The Hall–Kier alpha value is -2.15. The van der Waals surface area contributed by atoms with E-state index in [4.69, 9.17) is 5.73 Å². The Morgan fingerprint density at radius 3 is 2.41 bits per heavy atom. The van der Waals surface area contributed by atoms with Gasteiger partial charge in [0.2, 0.25) is 0 Å². The molecule has 0 aliphatic rings. The lowest BCUT2D eigenvalue weighted by Crippen LogP contribution is -1.91. The first-order chi connectivity index (χ1) is 8.15. The van der Waals surface area contributed by atoms with Gasteiger partial charge in [-0.05, 0) is 12.1 Å². The first kappa shape index (κ1) is 11.3. The highest BCUT2D eigenvalue weighted by atomic mass is 32.2. The number of nitrogens with two attached hydrogens (primary N) is 1. The predicted octanol–water partition coefficient (Wildman–Crippen LogP) is 2.12. The van der Waals surface area contributed by atoms with Crippen molar-refractivity contribution in [2.75, 3.05) is 5.73 Å². The molecule has 17 heavy (non-hydrogen) atoms. The zero-order valence-corrected chi connectivity index (χ0v) is 9.42. The molecule has 0 spiro atoms. The molecule has 1 aromatic heterocycles. The van der Waals surface area contributed by atoms with E-state index in [0.717, 1.165) is 4.90 Å². The molecule has 1 heterocycles. The summed E-state index contributed by atoms with van der Waals surface area (Å²) < 4.78 is 0. The van der Waals surface area contributed by atoms with E-state index >= 15 is 0 Å². The van der Waals surface area contributed by atoms with Crippen molar-refractivity contribution in [1.29, 1.82) is 0 Å². The molecule has 2 rings (SSSR count). The van der Waals surface area contributed by atoms with E-state index in [0.29, 0.717) is 10.8 Å². The van der Waals surface area contributed by atoms with Crippen LogP contribution in [0.15, 0.2) is 46.6 Å². The Bertz CT molecular complexity index is 527. The summed E-state index contributed by atoms with van der Waals surface area (Å²) in [4.78, 5) is 18.9. The number of nitrogens with zero attached hydrogens (tertiary/aromatic N) is 3. The molecule has 2 N–H and O–H groups in total. The maximum absolute atomic E-state index is 10.5. The lowest BCUT2D eigenvalue weighted by atomic mass is 10.3. The molecular weight excluding hydrogens is 240 g/mol. The van der Waals surface area contributed by atoms with E-state index in [9.17, 15) is 10.1 Å². The largest absolute Gasteiger partial charge is 0.382 e. The minimum absolute atomic E-state index is 0.0674. The third kappa shape index (κ3) is 2.91. The van der Waals surface area contributed by atoms with Gasteiger partial charge in [-0.2, -0.15) is 0 Å². The maximum Gasteiger partial charge on any atom is 0.269 e. The van der Waals surface area contributed by atoms with Crippen LogP contribution < -0.4 is 5.73 Å². The topological polar surface area (TPSA) is 94.9 Å². The van der Waals surface area contributed by atoms with Crippen molar-refractivity contribution >= 4 is 23.3 Å². The van der Waals surface area contributed by atoms with E-state index in [1.807, 2.05) is 0 Å². The number of anilines is 1. The Morgan fingerprint density at radius 2 is 1.88 bits per heavy atom. The van der Waals surface area contributed by atoms with Crippen molar-refractivity contribution in [2.45, 2.75) is 9.92 Å². The SMILES string of the molecule is Nc1cnc(Sc2ccc([N+](=O)[O-])cc2)cn1. The van der Waals surface area contributed by atoms with E-state index in [-0.39, 0.29) is 5.69 Å². The van der Waals surface area contributed by atoms with Crippen LogP contribution >= 0.6 is 11.8 Å². The third-order valence-corrected chi connectivity index (χ3v) is 2.85. The molecule has 2 aromatic rings. The molecule has 0 amide bonds. The highest BCUT2D eigenvalue weighted by Gasteiger charge is 2.05. The molecule has 0 bridgehead atoms. The summed E-state index contributed by atoms with van der Waals surface area (Å²) in [6.07, 6.45) is 3.02. The zero-order chi connectivity index (χ0) is 12.3. The summed E-state index contributed by atoms with van der Waals surface area (Å²) in [5, 5.41) is 11.2. The molecule has 6 nitrogen and oxygen atoms in total. The van der Waals surface area contributed by atoms with Crippen LogP contribution in [0.3, 0.4) is 0 Å². The molecule has 0 saturated heterocycles. The molecule has 0 radical (unpaired) electrons. The summed E-state index contributed by atoms with van der Waals surface area (Å²) in [6, 6.07) is 6.24. The second kappa shape index (κ2) is 4.79. The van der Waals surface area contributed by atoms with Gasteiger partial charge in [0.05, 0.1) is 17.3 Å². The van der Waals surface area contributed by atoms with Gasteiger partial charge >= 0.3 is 0 Å². The van der Waals surface area contributed by atoms with Gasteiger partial charge in [0.1, 0.15) is 10.8 Å². The smallest absolute Gasteiger partial charge is 0.269 e. The van der Waals surface area contributed by atoms with Gasteiger partial charge in [0.15, 0.2) is 0 Å². The zero-order valence-electron chi connectivity index (χ0n) is 8.61. The van der Waals surface area contributed by atoms with Crippen LogP contribution in [0.1, 0.15) is 0 Å². The fourth-order valence-corrected chi connectivity index (χ4v) is 1.86. The summed E-state index contributed by atoms with van der Waals surface area (Å²) >= 11 is 1.36. The average Bonchev–Trinajstić information content (AvgIpc) is 2.33. The van der Waals surface area contributed by atoms with Gasteiger partial charge in [0, 0.05) is 17.0 Å². The van der Waals surface area contributed by atoms with Crippen LogP contribution in [0.25, 0.3) is 0 Å². The van der Waals surface area contributed by atoms with Crippen molar-refractivity contribution in [1.82, 2.24) is 9.97 Å². The number of hydrogen-bond donors (Lipinski definition) is 1. The van der Waals surface area contributed by atoms with Crippen LogP contribution in [0.2, 0.25) is 0 Å². The predicted molar refractivity (Wildman–Crippen MR) is 63.7 cm³/mol. The number of rotatable bonds is 3. The Kier molecular flexibility index (Phi) is 3.20. The van der Waals surface area contributed by atoms with Crippen LogP contribution in [0, 0.1) is 10.1 Å². The molecule has 0 fully saturated rings. The van der Waals surface area contributed by atoms with E-state index < -0.39 is 4.92 Å². The van der Waals surface area contributed by atoms with E-state index in [1.54, 1.807) is 18.3 Å². The van der Waals surface area contributed by atoms with Crippen LogP contribution in [0.4, 0.5) is 11.5 Å². The molecule has 0 aliphatic heterocycles. The minimum Gasteiger partial charge on any atom is -0.382 e. The maximum atomic E-state index is 10.5. The van der Waals surface area contributed by atoms with Crippen molar-refractivity contribution in [3.05, 3.63) is 46.8 Å². The summed E-state index contributed by atoms with van der Waals surface area (Å²) in [5.41, 5.74) is 5.48. The monoisotopic (exact) mass is 248 g/mol. The lowest BCUT2D eigenvalue weighted by Gasteiger charge is -2.00. The normalized spacial score (nSPS) is 10.1. The van der Waals surface area contributed by atoms with Crippen LogP contribution in [-0.2, 0) is 0 Å². The third-order valence-electron chi connectivity index (χ3n) is 1.92. The van der Waals surface area contributed by atoms with E-state index in [1.165, 1.54) is 30.1 Å². The molecule has 0 aliphatic carbocycles. The number of nitro benzene ring substituents is 1. The molecular formula is C10H8N4O2S. The van der Waals surface area contributed by atoms with Gasteiger partial charge in [0.25, 0.3) is 5.69 Å². The first-order valence-corrected chi connectivity index (χ1v) is 5.46. The number of aromatic nitrogens is 2. The van der Waals surface area contributed by atoms with Gasteiger partial charge in [-0.1, -0.05) is 11.8 Å². The second-order valence-corrected chi connectivity index (χ2v) is 4.23. The number of hydrogen-bond acceptors (Lipinski definition) is 6. The molecule has 0 atom stereocenters. The van der Waals surface area contributed by atoms with Crippen molar-refractivity contribution in [2.24, 2.45) is 0 Å². The van der Waals surface area contributed by atoms with Crippen molar-refractivity contribution in [3.63, 3.8) is 0 Å². The number of nitrogen functional groups attached to an aromatic ring is 1. The Labute approximate surface area is 101 Å². The molecule has 86 valence electrons. The summed E-state index contributed by atoms with van der Waals surface area (Å²) in [7, 11) is 0. The average molecular weight is 248 g/mol. The summed E-state index contributed by atoms with van der Waals surface area (Å²) in [6.45, 7) is 0. The van der Waals surface area contributed by atoms with Gasteiger partial charge in [-0.15, -0.1) is 0 Å². The van der Waals surface area contributed by atoms with Crippen molar-refractivity contribution in [3.8, 4) is 0 Å². The number of non-ortho nitro benzene ring substituents is 1. The minimum atomic E-state index is -0.433. The molecule has 0 unspecified atom stereocenters. The van der Waals surface area contributed by atoms with Crippen LogP contribution in [0.5, 0.6) is 0 Å². The highest BCUT2D eigenvalue weighted by molar-refractivity contribution is 7.99. The lowest BCUT2D eigenvalue weighted by molar-refractivity contribution is -0.384. The fourth-order valence-electron chi connectivity index (χ4n) is 1.14. The standard InChI is InChI=1S/C10H8N4O2S/c11-9-5-13-10(6-12-9)17-8-3-1-7(2-4-8)14(15)16/h1-6H,(H2,11,12). The molecule has 7 heteroatoms. The first-order valence-electron chi connectivity index (χ1n) is 4.65. The van der Waals surface area contributed by atoms with Crippen molar-refractivity contribution < 1.29 is 4.92 Å². The Balaban J connectivity index is 2.13. The van der Waals surface area contributed by atoms with Gasteiger partial charge in [-0.3, -0.25) is 10.1 Å². The molecule has 0 saturated carbocycles. The number of nitro groups is 1. The summed E-state index contributed by atoms with van der Waals surface area (Å²) in [5.74, 6) is 0.359. The Morgan fingerprint density at radius 1 is 1.18 bits per heavy atom. The van der Waals surface area contributed by atoms with E-state index in [2.05, 4.69) is 9.97 Å². The van der Waals surface area contributed by atoms with Crippen LogP contribution in [-0.4, -0.2) is 14.9 Å². The number of benzene rings is 1. The highest BCUT2D eigenvalue weighted by Crippen LogP contribution is 2.26. The quantitative estimate of drug-likeness (QED) is 0.660.